The molecular formula is C23H32N3O3+. The van der Waals surface area contributed by atoms with Crippen LogP contribution < -0.4 is 20.3 Å². The second kappa shape index (κ2) is 11.2. The standard InChI is InChI=1S/C23H31N3O3/c1-5-9-21(18-10-7-6-8-11-18)25-23(28)17(2)26(3)16-22(27)24-19-12-14-20(29-4)15-13-19/h6-8,10-15,17,21H,5,9,16H2,1-4H3,(H,24,27)(H,25,28)/p+1/t17-,21-/m0/s1. The molecule has 0 heterocycles. The van der Waals surface area contributed by atoms with E-state index >= 15 is 0 Å². The number of amides is 2. The fourth-order valence-electron chi connectivity index (χ4n) is 3.10. The second-order valence-electron chi connectivity index (χ2n) is 7.28. The molecule has 3 N–H and O–H groups in total. The third-order valence-electron chi connectivity index (χ3n) is 5.04. The van der Waals surface area contributed by atoms with Gasteiger partial charge in [-0.05, 0) is 43.2 Å². The maximum absolute atomic E-state index is 12.8. The van der Waals surface area contributed by atoms with Crippen LogP contribution >= 0.6 is 0 Å². The Morgan fingerprint density at radius 3 is 2.31 bits per heavy atom. The Labute approximate surface area is 173 Å². The van der Waals surface area contributed by atoms with E-state index in [2.05, 4.69) is 17.6 Å². The highest BCUT2D eigenvalue weighted by Crippen LogP contribution is 2.18. The first-order valence-electron chi connectivity index (χ1n) is 10.1. The van der Waals surface area contributed by atoms with Gasteiger partial charge in [0.15, 0.2) is 12.6 Å². The van der Waals surface area contributed by atoms with Crippen LogP contribution in [0.5, 0.6) is 5.75 Å². The molecule has 2 aromatic rings. The van der Waals surface area contributed by atoms with Gasteiger partial charge in [0.2, 0.25) is 0 Å². The van der Waals surface area contributed by atoms with Crippen LogP contribution in [0.2, 0.25) is 0 Å². The summed E-state index contributed by atoms with van der Waals surface area (Å²) in [5.41, 5.74) is 1.80. The van der Waals surface area contributed by atoms with Gasteiger partial charge in [0.25, 0.3) is 11.8 Å². The lowest BCUT2D eigenvalue weighted by Crippen LogP contribution is -3.15. The molecule has 2 aromatic carbocycles. The molecule has 0 aromatic heterocycles. The summed E-state index contributed by atoms with van der Waals surface area (Å²) >= 11 is 0. The third kappa shape index (κ3) is 6.91. The lowest BCUT2D eigenvalue weighted by molar-refractivity contribution is -0.885. The van der Waals surface area contributed by atoms with Gasteiger partial charge in [0, 0.05) is 5.69 Å². The van der Waals surface area contributed by atoms with Crippen LogP contribution in [0.25, 0.3) is 0 Å². The highest BCUT2D eigenvalue weighted by molar-refractivity contribution is 5.91. The van der Waals surface area contributed by atoms with Crippen molar-refractivity contribution in [2.45, 2.75) is 38.8 Å². The van der Waals surface area contributed by atoms with Crippen molar-refractivity contribution in [3.05, 3.63) is 60.2 Å². The number of benzene rings is 2. The van der Waals surface area contributed by atoms with Crippen LogP contribution in [-0.2, 0) is 9.59 Å². The number of nitrogens with one attached hydrogen (secondary N) is 3. The summed E-state index contributed by atoms with van der Waals surface area (Å²) in [7, 11) is 3.45. The molecule has 156 valence electrons. The SMILES string of the molecule is CCC[C@H](NC(=O)[C@H](C)[NH+](C)CC(=O)Nc1ccc(OC)cc1)c1ccccc1. The first kappa shape index (κ1) is 22.4. The van der Waals surface area contributed by atoms with Crippen molar-refractivity contribution in [2.75, 3.05) is 26.0 Å². The van der Waals surface area contributed by atoms with E-state index in [0.29, 0.717) is 5.69 Å². The van der Waals surface area contributed by atoms with Gasteiger partial charge in [-0.25, -0.2) is 0 Å². The topological polar surface area (TPSA) is 71.9 Å². The Kier molecular flexibility index (Phi) is 8.68. The lowest BCUT2D eigenvalue weighted by Gasteiger charge is -2.24. The average Bonchev–Trinajstić information content (AvgIpc) is 2.73. The van der Waals surface area contributed by atoms with Crippen molar-refractivity contribution < 1.29 is 19.2 Å². The number of ether oxygens (including phenoxy) is 1. The normalized spacial score (nSPS) is 13.8. The number of likely N-dealkylation sites (N-methyl/N-ethyl adjacent to an activating group) is 1. The summed E-state index contributed by atoms with van der Waals surface area (Å²) in [6.07, 6.45) is 1.85. The van der Waals surface area contributed by atoms with E-state index in [1.165, 1.54) is 0 Å². The van der Waals surface area contributed by atoms with Gasteiger partial charge < -0.3 is 20.3 Å². The monoisotopic (exact) mass is 398 g/mol. The predicted octanol–water partition coefficient (Wildman–Crippen LogP) is 2.19. The van der Waals surface area contributed by atoms with Gasteiger partial charge >= 0.3 is 0 Å². The molecule has 0 saturated heterocycles. The molecule has 6 nitrogen and oxygen atoms in total. The van der Waals surface area contributed by atoms with Crippen LogP contribution in [0.1, 0.15) is 38.3 Å². The molecule has 0 aliphatic rings. The molecule has 2 amide bonds. The number of quaternary nitrogens is 1. The molecule has 0 spiro atoms. The summed E-state index contributed by atoms with van der Waals surface area (Å²) in [6, 6.07) is 16.8. The fraction of sp³-hybridized carbons (Fsp3) is 0.391. The quantitative estimate of drug-likeness (QED) is 0.575. The minimum atomic E-state index is -0.348. The van der Waals surface area contributed by atoms with Crippen molar-refractivity contribution >= 4 is 17.5 Å². The van der Waals surface area contributed by atoms with E-state index in [4.69, 9.17) is 4.74 Å². The highest BCUT2D eigenvalue weighted by Gasteiger charge is 2.26. The first-order valence-corrected chi connectivity index (χ1v) is 10.1. The Bertz CT molecular complexity index is 778. The first-order chi connectivity index (χ1) is 13.9. The third-order valence-corrected chi connectivity index (χ3v) is 5.04. The molecule has 0 radical (unpaired) electrons. The molecule has 0 aliphatic carbocycles. The van der Waals surface area contributed by atoms with E-state index in [-0.39, 0.29) is 30.4 Å². The van der Waals surface area contributed by atoms with Gasteiger partial charge in [-0.15, -0.1) is 0 Å². The molecular weight excluding hydrogens is 366 g/mol. The van der Waals surface area contributed by atoms with Crippen molar-refractivity contribution in [1.82, 2.24) is 5.32 Å². The summed E-state index contributed by atoms with van der Waals surface area (Å²) in [4.78, 5) is 26.0. The predicted molar refractivity (Wildman–Crippen MR) is 115 cm³/mol. The average molecular weight is 399 g/mol. The van der Waals surface area contributed by atoms with Crippen LogP contribution in [0.4, 0.5) is 5.69 Å². The van der Waals surface area contributed by atoms with Gasteiger partial charge in [0.05, 0.1) is 20.2 Å². The minimum absolute atomic E-state index is 0.0166. The molecule has 3 atom stereocenters. The summed E-state index contributed by atoms with van der Waals surface area (Å²) in [6.45, 7) is 4.15. The summed E-state index contributed by atoms with van der Waals surface area (Å²) in [5, 5.41) is 6.00. The summed E-state index contributed by atoms with van der Waals surface area (Å²) < 4.78 is 5.12. The molecule has 2 rings (SSSR count). The second-order valence-corrected chi connectivity index (χ2v) is 7.28. The number of hydrogen-bond donors (Lipinski definition) is 3. The fourth-order valence-corrected chi connectivity index (χ4v) is 3.10. The number of rotatable bonds is 10. The maximum Gasteiger partial charge on any atom is 0.279 e. The number of carbonyl (C=O) groups excluding carboxylic acids is 2. The van der Waals surface area contributed by atoms with Crippen LogP contribution in [0, 0.1) is 0 Å². The minimum Gasteiger partial charge on any atom is -0.497 e. The zero-order valence-electron chi connectivity index (χ0n) is 17.7. The Morgan fingerprint density at radius 2 is 1.72 bits per heavy atom. The molecule has 0 fully saturated rings. The van der Waals surface area contributed by atoms with Crippen LogP contribution in [0.15, 0.2) is 54.6 Å². The molecule has 0 aliphatic heterocycles. The molecule has 29 heavy (non-hydrogen) atoms. The largest absolute Gasteiger partial charge is 0.497 e. The Balaban J connectivity index is 1.90. The summed E-state index contributed by atoms with van der Waals surface area (Å²) in [5.74, 6) is 0.540. The van der Waals surface area contributed by atoms with Gasteiger partial charge in [0.1, 0.15) is 5.75 Å². The van der Waals surface area contributed by atoms with Crippen molar-refractivity contribution in [1.29, 1.82) is 0 Å². The maximum atomic E-state index is 12.8. The van der Waals surface area contributed by atoms with E-state index < -0.39 is 0 Å². The molecule has 0 saturated carbocycles. The Morgan fingerprint density at radius 1 is 1.07 bits per heavy atom. The van der Waals surface area contributed by atoms with Crippen molar-refractivity contribution in [3.63, 3.8) is 0 Å². The van der Waals surface area contributed by atoms with Crippen molar-refractivity contribution in [3.8, 4) is 5.75 Å². The smallest absolute Gasteiger partial charge is 0.279 e. The van der Waals surface area contributed by atoms with Crippen LogP contribution in [0.3, 0.4) is 0 Å². The van der Waals surface area contributed by atoms with E-state index in [9.17, 15) is 9.59 Å². The Hall–Kier alpha value is -2.86. The van der Waals surface area contributed by atoms with Gasteiger partial charge in [-0.3, -0.25) is 9.59 Å². The van der Waals surface area contributed by atoms with Crippen molar-refractivity contribution in [2.24, 2.45) is 0 Å². The lowest BCUT2D eigenvalue weighted by atomic mass is 10.0. The van der Waals surface area contributed by atoms with Gasteiger partial charge in [-0.2, -0.15) is 0 Å². The van der Waals surface area contributed by atoms with E-state index in [1.54, 1.807) is 31.4 Å². The zero-order valence-corrected chi connectivity index (χ0v) is 17.7. The highest BCUT2D eigenvalue weighted by atomic mass is 16.5. The molecule has 1 unspecified atom stereocenters. The molecule has 6 heteroatoms. The van der Waals surface area contributed by atoms with Gasteiger partial charge in [-0.1, -0.05) is 43.7 Å². The number of carbonyl (C=O) groups is 2. The number of methoxy groups -OCH3 is 1. The van der Waals surface area contributed by atoms with Crippen LogP contribution in [-0.4, -0.2) is 38.6 Å². The number of hydrogen-bond acceptors (Lipinski definition) is 3. The van der Waals surface area contributed by atoms with E-state index in [0.717, 1.165) is 29.1 Å². The molecule has 0 bridgehead atoms. The number of anilines is 1. The van der Waals surface area contributed by atoms with E-state index in [1.807, 2.05) is 44.3 Å². The zero-order chi connectivity index (χ0) is 21.2.